The van der Waals surface area contributed by atoms with Crippen LogP contribution < -0.4 is 10.9 Å². The summed E-state index contributed by atoms with van der Waals surface area (Å²) in [6.07, 6.45) is 1.44. The number of amides is 1. The highest BCUT2D eigenvalue weighted by Gasteiger charge is 2.17. The van der Waals surface area contributed by atoms with Crippen LogP contribution in [0.2, 0.25) is 5.02 Å². The van der Waals surface area contributed by atoms with E-state index >= 15 is 0 Å². The Bertz CT molecular complexity index is 1520. The Morgan fingerprint density at radius 1 is 1.06 bits per heavy atom. The van der Waals surface area contributed by atoms with Gasteiger partial charge in [-0.2, -0.15) is 19.9 Å². The second-order valence-corrected chi connectivity index (χ2v) is 7.50. The van der Waals surface area contributed by atoms with Gasteiger partial charge >= 0.3 is 0 Å². The van der Waals surface area contributed by atoms with Crippen LogP contribution in [0.4, 0.5) is 5.82 Å². The van der Waals surface area contributed by atoms with E-state index in [2.05, 4.69) is 25.5 Å². The number of aryl methyl sites for hydroxylation is 1. The molecule has 32 heavy (non-hydrogen) atoms. The van der Waals surface area contributed by atoms with Crippen molar-refractivity contribution >= 4 is 34.4 Å². The molecule has 1 amide bonds. The van der Waals surface area contributed by atoms with Crippen LogP contribution in [-0.2, 0) is 0 Å². The fourth-order valence-corrected chi connectivity index (χ4v) is 3.52. The predicted octanol–water partition coefficient (Wildman–Crippen LogP) is 3.51. The normalized spacial score (nSPS) is 11.1. The molecule has 0 aliphatic heterocycles. The SMILES string of the molecule is Cc1cc(NC(=O)c2ccccc2)n(-c2nc3c(cnn3-c3cccc(Cl)c3)c(=O)[nH]2)n1. The van der Waals surface area contributed by atoms with Crippen molar-refractivity contribution in [2.45, 2.75) is 6.92 Å². The molecule has 158 valence electrons. The average molecular weight is 446 g/mol. The number of rotatable bonds is 4. The first-order valence-electron chi connectivity index (χ1n) is 9.67. The summed E-state index contributed by atoms with van der Waals surface area (Å²) in [4.78, 5) is 32.7. The third kappa shape index (κ3) is 3.54. The van der Waals surface area contributed by atoms with Crippen molar-refractivity contribution < 1.29 is 4.79 Å². The monoisotopic (exact) mass is 445 g/mol. The molecule has 0 spiro atoms. The predicted molar refractivity (Wildman–Crippen MR) is 121 cm³/mol. The molecule has 0 saturated carbocycles. The number of carbonyl (C=O) groups is 1. The summed E-state index contributed by atoms with van der Waals surface area (Å²) in [5, 5.41) is 12.4. The number of nitrogens with zero attached hydrogens (tertiary/aromatic N) is 5. The van der Waals surface area contributed by atoms with Crippen molar-refractivity contribution in [3.63, 3.8) is 0 Å². The lowest BCUT2D eigenvalue weighted by Crippen LogP contribution is -2.19. The number of anilines is 1. The maximum absolute atomic E-state index is 12.7. The van der Waals surface area contributed by atoms with Crippen LogP contribution >= 0.6 is 11.6 Å². The Morgan fingerprint density at radius 2 is 1.88 bits per heavy atom. The molecule has 0 radical (unpaired) electrons. The molecule has 0 unspecified atom stereocenters. The minimum absolute atomic E-state index is 0.141. The molecule has 3 heterocycles. The molecule has 0 saturated heterocycles. The van der Waals surface area contributed by atoms with Crippen LogP contribution in [0.3, 0.4) is 0 Å². The minimum Gasteiger partial charge on any atom is -0.306 e. The zero-order chi connectivity index (χ0) is 22.2. The molecule has 0 atom stereocenters. The van der Waals surface area contributed by atoms with Gasteiger partial charge in [-0.05, 0) is 37.3 Å². The standard InChI is InChI=1S/C22H16ClN7O2/c1-13-10-18(25-20(31)14-6-3-2-4-7-14)30(28-13)22-26-19-17(21(32)27-22)12-24-29(19)16-9-5-8-15(23)11-16/h2-12H,1H3,(H,25,31)(H,26,27,32). The van der Waals surface area contributed by atoms with E-state index in [9.17, 15) is 9.59 Å². The Balaban J connectivity index is 1.61. The molecule has 0 aliphatic carbocycles. The average Bonchev–Trinajstić information content (AvgIpc) is 3.38. The van der Waals surface area contributed by atoms with Crippen LogP contribution in [-0.4, -0.2) is 35.4 Å². The molecule has 10 heteroatoms. The summed E-state index contributed by atoms with van der Waals surface area (Å²) < 4.78 is 2.91. The first-order valence-corrected chi connectivity index (χ1v) is 10.0. The number of hydrogen-bond donors (Lipinski definition) is 2. The Kier molecular flexibility index (Phi) is 4.79. The van der Waals surface area contributed by atoms with E-state index in [0.717, 1.165) is 0 Å². The van der Waals surface area contributed by atoms with Gasteiger partial charge in [-0.3, -0.25) is 14.6 Å². The summed E-state index contributed by atoms with van der Waals surface area (Å²) in [6, 6.07) is 17.6. The molecule has 0 aliphatic rings. The molecular weight excluding hydrogens is 430 g/mol. The number of halogens is 1. The summed E-state index contributed by atoms with van der Waals surface area (Å²) in [6.45, 7) is 1.78. The molecule has 0 fully saturated rings. The van der Waals surface area contributed by atoms with E-state index in [4.69, 9.17) is 11.6 Å². The molecule has 3 aromatic heterocycles. The van der Waals surface area contributed by atoms with Crippen LogP contribution in [0.15, 0.2) is 71.7 Å². The van der Waals surface area contributed by atoms with Crippen LogP contribution in [0, 0.1) is 6.92 Å². The molecule has 2 N–H and O–H groups in total. The summed E-state index contributed by atoms with van der Waals surface area (Å²) in [5.41, 5.74) is 1.74. The summed E-state index contributed by atoms with van der Waals surface area (Å²) in [5.74, 6) is 0.203. The largest absolute Gasteiger partial charge is 0.306 e. The van der Waals surface area contributed by atoms with E-state index < -0.39 is 0 Å². The van der Waals surface area contributed by atoms with Gasteiger partial charge < -0.3 is 5.32 Å². The highest BCUT2D eigenvalue weighted by Crippen LogP contribution is 2.20. The molecular formula is C22H16ClN7O2. The minimum atomic E-state index is -0.383. The smallest absolute Gasteiger partial charge is 0.263 e. The molecule has 2 aromatic carbocycles. The van der Waals surface area contributed by atoms with E-state index in [1.165, 1.54) is 15.6 Å². The Labute approximate surface area is 186 Å². The van der Waals surface area contributed by atoms with Gasteiger partial charge in [-0.25, -0.2) is 4.68 Å². The van der Waals surface area contributed by atoms with E-state index in [0.29, 0.717) is 38.8 Å². The van der Waals surface area contributed by atoms with Gasteiger partial charge in [-0.15, -0.1) is 0 Å². The zero-order valence-electron chi connectivity index (χ0n) is 16.8. The number of hydrogen-bond acceptors (Lipinski definition) is 5. The first kappa shape index (κ1) is 19.7. The fourth-order valence-electron chi connectivity index (χ4n) is 3.33. The highest BCUT2D eigenvalue weighted by atomic mass is 35.5. The first-order chi connectivity index (χ1) is 15.5. The fraction of sp³-hybridized carbons (Fsp3) is 0.0455. The number of carbonyl (C=O) groups excluding carboxylic acids is 1. The van der Waals surface area contributed by atoms with Crippen molar-refractivity contribution in [1.29, 1.82) is 0 Å². The maximum Gasteiger partial charge on any atom is 0.263 e. The molecule has 5 aromatic rings. The van der Waals surface area contributed by atoms with Crippen molar-refractivity contribution in [3.8, 4) is 11.6 Å². The molecule has 5 rings (SSSR count). The van der Waals surface area contributed by atoms with Crippen LogP contribution in [0.25, 0.3) is 22.7 Å². The van der Waals surface area contributed by atoms with Crippen molar-refractivity contribution in [2.24, 2.45) is 0 Å². The van der Waals surface area contributed by atoms with Gasteiger partial charge in [0.05, 0.1) is 17.6 Å². The lowest BCUT2D eigenvalue weighted by atomic mass is 10.2. The third-order valence-electron chi connectivity index (χ3n) is 4.79. The quantitative estimate of drug-likeness (QED) is 0.440. The van der Waals surface area contributed by atoms with E-state index in [1.807, 2.05) is 12.1 Å². The van der Waals surface area contributed by atoms with Gasteiger partial charge in [0.25, 0.3) is 11.5 Å². The highest BCUT2D eigenvalue weighted by molar-refractivity contribution is 6.30. The second kappa shape index (κ2) is 7.78. The number of nitrogens with one attached hydrogen (secondary N) is 2. The zero-order valence-corrected chi connectivity index (χ0v) is 17.5. The topological polar surface area (TPSA) is 110 Å². The lowest BCUT2D eigenvalue weighted by molar-refractivity contribution is 0.102. The van der Waals surface area contributed by atoms with Gasteiger partial charge in [-0.1, -0.05) is 35.9 Å². The number of aromatic nitrogens is 6. The number of aromatic amines is 1. The summed E-state index contributed by atoms with van der Waals surface area (Å²) >= 11 is 6.11. The van der Waals surface area contributed by atoms with Crippen molar-refractivity contribution in [1.82, 2.24) is 29.5 Å². The van der Waals surface area contributed by atoms with Gasteiger partial charge in [0.1, 0.15) is 11.2 Å². The third-order valence-corrected chi connectivity index (χ3v) is 5.02. The Hall–Kier alpha value is -4.24. The number of H-pyrrole nitrogens is 1. The van der Waals surface area contributed by atoms with E-state index in [1.54, 1.807) is 55.5 Å². The van der Waals surface area contributed by atoms with Gasteiger partial charge in [0.2, 0.25) is 5.95 Å². The molecule has 9 nitrogen and oxygen atoms in total. The number of fused-ring (bicyclic) bond motifs is 1. The van der Waals surface area contributed by atoms with Crippen molar-refractivity contribution in [3.05, 3.63) is 93.5 Å². The Morgan fingerprint density at radius 3 is 2.66 bits per heavy atom. The second-order valence-electron chi connectivity index (χ2n) is 7.07. The molecule has 0 bridgehead atoms. The number of benzene rings is 2. The maximum atomic E-state index is 12.7. The lowest BCUT2D eigenvalue weighted by Gasteiger charge is -2.09. The van der Waals surface area contributed by atoms with Gasteiger partial charge in [0.15, 0.2) is 5.65 Å². The van der Waals surface area contributed by atoms with Crippen LogP contribution in [0.1, 0.15) is 16.1 Å². The van der Waals surface area contributed by atoms with E-state index in [-0.39, 0.29) is 17.4 Å². The van der Waals surface area contributed by atoms with Gasteiger partial charge in [0, 0.05) is 16.7 Å². The summed E-state index contributed by atoms with van der Waals surface area (Å²) in [7, 11) is 0. The van der Waals surface area contributed by atoms with Crippen LogP contribution in [0.5, 0.6) is 0 Å². The van der Waals surface area contributed by atoms with Crippen molar-refractivity contribution in [2.75, 3.05) is 5.32 Å².